The molecule has 128 valence electrons. The maximum absolute atomic E-state index is 9.35. The maximum Gasteiger partial charge on any atom is 0.140 e. The summed E-state index contributed by atoms with van der Waals surface area (Å²) in [7, 11) is 0. The lowest BCUT2D eigenvalue weighted by Crippen LogP contribution is -2.10. The van der Waals surface area contributed by atoms with E-state index in [2.05, 4.69) is 32.1 Å². The van der Waals surface area contributed by atoms with Crippen LogP contribution in [0.5, 0.6) is 0 Å². The molecule has 1 unspecified atom stereocenters. The highest BCUT2D eigenvalue weighted by molar-refractivity contribution is 5.25. The number of nitriles is 2. The Labute approximate surface area is 147 Å². The predicted octanol–water partition coefficient (Wildman–Crippen LogP) is 6.52. The summed E-state index contributed by atoms with van der Waals surface area (Å²) in [5, 5.41) is 18.7. The minimum atomic E-state index is -0.574. The first-order valence-corrected chi connectivity index (χ1v) is 9.28. The molecule has 1 atom stereocenters. The molecule has 1 aromatic rings. The van der Waals surface area contributed by atoms with Crippen LogP contribution in [0.4, 0.5) is 0 Å². The second-order valence-corrected chi connectivity index (χ2v) is 6.40. The molecule has 0 saturated carbocycles. The summed E-state index contributed by atoms with van der Waals surface area (Å²) in [5.41, 5.74) is 2.61. The molecule has 0 saturated heterocycles. The molecule has 1 rings (SSSR count). The van der Waals surface area contributed by atoms with Crippen molar-refractivity contribution < 1.29 is 0 Å². The SMILES string of the molecule is CCCC/C=C(\CCCC)CCC(c1ccccc1)C(C#N)C#N. The molecule has 0 fully saturated rings. The highest BCUT2D eigenvalue weighted by Crippen LogP contribution is 2.31. The van der Waals surface area contributed by atoms with E-state index in [0.717, 1.165) is 31.2 Å². The van der Waals surface area contributed by atoms with E-state index in [0.29, 0.717) is 0 Å². The second kappa shape index (κ2) is 12.4. The Morgan fingerprint density at radius 3 is 2.25 bits per heavy atom. The topological polar surface area (TPSA) is 47.6 Å². The normalized spacial score (nSPS) is 12.6. The molecule has 1 aromatic carbocycles. The first kappa shape index (κ1) is 20.0. The summed E-state index contributed by atoms with van der Waals surface area (Å²) >= 11 is 0. The van der Waals surface area contributed by atoms with Gasteiger partial charge in [-0.05, 0) is 37.7 Å². The molecule has 2 heteroatoms. The van der Waals surface area contributed by atoms with Crippen molar-refractivity contribution in [1.82, 2.24) is 0 Å². The second-order valence-electron chi connectivity index (χ2n) is 6.40. The fourth-order valence-corrected chi connectivity index (χ4v) is 3.02. The molecule has 24 heavy (non-hydrogen) atoms. The fraction of sp³-hybridized carbons (Fsp3) is 0.545. The zero-order chi connectivity index (χ0) is 17.6. The van der Waals surface area contributed by atoms with Crippen LogP contribution in [0.3, 0.4) is 0 Å². The van der Waals surface area contributed by atoms with Gasteiger partial charge < -0.3 is 0 Å². The van der Waals surface area contributed by atoms with Crippen LogP contribution in [0, 0.1) is 28.6 Å². The standard InChI is InChI=1S/C22H30N2/c1-3-5-8-12-19(11-6-4-2)15-16-22(21(17-23)18-24)20-13-9-7-10-14-20/h7,9-10,12-14,21-22H,3-6,8,11,15-16H2,1-2H3/b19-12+. The van der Waals surface area contributed by atoms with Gasteiger partial charge in [-0.15, -0.1) is 0 Å². The number of hydrogen-bond acceptors (Lipinski definition) is 2. The van der Waals surface area contributed by atoms with Crippen molar-refractivity contribution in [2.24, 2.45) is 5.92 Å². The number of benzene rings is 1. The van der Waals surface area contributed by atoms with Gasteiger partial charge in [-0.3, -0.25) is 0 Å². The number of allylic oxidation sites excluding steroid dienone is 2. The molecule has 0 aliphatic rings. The van der Waals surface area contributed by atoms with Crippen LogP contribution in [0.25, 0.3) is 0 Å². The van der Waals surface area contributed by atoms with Crippen LogP contribution in [-0.2, 0) is 0 Å². The van der Waals surface area contributed by atoms with Gasteiger partial charge in [-0.2, -0.15) is 10.5 Å². The van der Waals surface area contributed by atoms with Gasteiger partial charge in [0.2, 0.25) is 0 Å². The van der Waals surface area contributed by atoms with Crippen molar-refractivity contribution in [1.29, 1.82) is 10.5 Å². The molecule has 0 heterocycles. The van der Waals surface area contributed by atoms with E-state index < -0.39 is 5.92 Å². The van der Waals surface area contributed by atoms with Gasteiger partial charge in [0.1, 0.15) is 5.92 Å². The van der Waals surface area contributed by atoms with Gasteiger partial charge >= 0.3 is 0 Å². The molecule has 0 aliphatic heterocycles. The largest absolute Gasteiger partial charge is 0.197 e. The molecule has 0 N–H and O–H groups in total. The molecule has 0 radical (unpaired) electrons. The minimum Gasteiger partial charge on any atom is -0.197 e. The van der Waals surface area contributed by atoms with Crippen molar-refractivity contribution in [2.45, 2.75) is 71.1 Å². The number of unbranched alkanes of at least 4 members (excludes halogenated alkanes) is 3. The third kappa shape index (κ3) is 7.01. The van der Waals surface area contributed by atoms with E-state index in [1.165, 1.54) is 31.3 Å². The van der Waals surface area contributed by atoms with Crippen LogP contribution >= 0.6 is 0 Å². The summed E-state index contributed by atoms with van der Waals surface area (Å²) in [5.74, 6) is -0.576. The molecular weight excluding hydrogens is 292 g/mol. The molecule has 0 aliphatic carbocycles. The zero-order valence-electron chi connectivity index (χ0n) is 15.2. The lowest BCUT2D eigenvalue weighted by molar-refractivity contribution is 0.552. The van der Waals surface area contributed by atoms with Gasteiger partial charge in [0.25, 0.3) is 0 Å². The van der Waals surface area contributed by atoms with Crippen LogP contribution in [0.2, 0.25) is 0 Å². The van der Waals surface area contributed by atoms with E-state index in [9.17, 15) is 10.5 Å². The first-order chi connectivity index (χ1) is 11.8. The van der Waals surface area contributed by atoms with E-state index in [1.807, 2.05) is 30.3 Å². The summed E-state index contributed by atoms with van der Waals surface area (Å²) in [4.78, 5) is 0. The molecule has 2 nitrogen and oxygen atoms in total. The lowest BCUT2D eigenvalue weighted by Gasteiger charge is -2.19. The predicted molar refractivity (Wildman–Crippen MR) is 100 cm³/mol. The van der Waals surface area contributed by atoms with Gasteiger partial charge in [0.05, 0.1) is 12.1 Å². The Morgan fingerprint density at radius 2 is 1.67 bits per heavy atom. The Morgan fingerprint density at radius 1 is 1.00 bits per heavy atom. The van der Waals surface area contributed by atoms with Gasteiger partial charge in [0.15, 0.2) is 0 Å². The number of rotatable bonds is 11. The van der Waals surface area contributed by atoms with E-state index >= 15 is 0 Å². The van der Waals surface area contributed by atoms with Gasteiger partial charge in [-0.25, -0.2) is 0 Å². The average Bonchev–Trinajstić information content (AvgIpc) is 2.63. The number of nitrogens with zero attached hydrogens (tertiary/aromatic N) is 2. The maximum atomic E-state index is 9.35. The van der Waals surface area contributed by atoms with Crippen molar-refractivity contribution >= 4 is 0 Å². The summed E-state index contributed by atoms with van der Waals surface area (Å²) in [6.07, 6.45) is 11.4. The third-order valence-electron chi connectivity index (χ3n) is 4.53. The smallest absolute Gasteiger partial charge is 0.140 e. The molecule has 0 spiro atoms. The van der Waals surface area contributed by atoms with E-state index in [4.69, 9.17) is 0 Å². The van der Waals surface area contributed by atoms with Crippen LogP contribution < -0.4 is 0 Å². The number of hydrogen-bond donors (Lipinski definition) is 0. The van der Waals surface area contributed by atoms with Gasteiger partial charge in [0, 0.05) is 5.92 Å². The highest BCUT2D eigenvalue weighted by atomic mass is 14.4. The monoisotopic (exact) mass is 322 g/mol. The first-order valence-electron chi connectivity index (χ1n) is 9.28. The Hall–Kier alpha value is -2.06. The van der Waals surface area contributed by atoms with Crippen LogP contribution in [0.15, 0.2) is 42.0 Å². The van der Waals surface area contributed by atoms with Crippen molar-refractivity contribution in [2.75, 3.05) is 0 Å². The lowest BCUT2D eigenvalue weighted by atomic mass is 9.82. The molecule has 0 aromatic heterocycles. The zero-order valence-corrected chi connectivity index (χ0v) is 15.2. The summed E-state index contributed by atoms with van der Waals surface area (Å²) < 4.78 is 0. The quantitative estimate of drug-likeness (QED) is 0.344. The highest BCUT2D eigenvalue weighted by Gasteiger charge is 2.22. The minimum absolute atomic E-state index is 0.00241. The molecule has 0 bridgehead atoms. The van der Waals surface area contributed by atoms with Crippen LogP contribution in [0.1, 0.15) is 76.7 Å². The van der Waals surface area contributed by atoms with Crippen molar-refractivity contribution in [3.63, 3.8) is 0 Å². The Bertz CT molecular complexity index is 546. The average molecular weight is 322 g/mol. The van der Waals surface area contributed by atoms with Gasteiger partial charge in [-0.1, -0.05) is 75.1 Å². The molecular formula is C22H30N2. The summed E-state index contributed by atoms with van der Waals surface area (Å²) in [6, 6.07) is 14.4. The molecule has 0 amide bonds. The third-order valence-corrected chi connectivity index (χ3v) is 4.53. The van der Waals surface area contributed by atoms with Crippen LogP contribution in [-0.4, -0.2) is 0 Å². The van der Waals surface area contributed by atoms with E-state index in [-0.39, 0.29) is 5.92 Å². The van der Waals surface area contributed by atoms with E-state index in [1.54, 1.807) is 0 Å². The Kier molecular flexibility index (Phi) is 10.3. The van der Waals surface area contributed by atoms with Crippen molar-refractivity contribution in [3.05, 3.63) is 47.5 Å². The van der Waals surface area contributed by atoms with Crippen molar-refractivity contribution in [3.8, 4) is 12.1 Å². The summed E-state index contributed by atoms with van der Waals surface area (Å²) in [6.45, 7) is 4.44. The fourth-order valence-electron chi connectivity index (χ4n) is 3.02. The Balaban J connectivity index is 2.82.